The van der Waals surface area contributed by atoms with E-state index >= 15 is 4.39 Å². The fourth-order valence-corrected chi connectivity index (χ4v) is 9.87. The van der Waals surface area contributed by atoms with E-state index in [4.69, 9.17) is 9.02 Å². The molecule has 0 spiro atoms. The van der Waals surface area contributed by atoms with Crippen LogP contribution in [-0.2, 0) is 24.5 Å². The van der Waals surface area contributed by atoms with E-state index in [1.165, 1.54) is 24.3 Å². The van der Waals surface area contributed by atoms with Crippen molar-refractivity contribution in [1.29, 1.82) is 0 Å². The molecule has 6 rings (SSSR count). The summed E-state index contributed by atoms with van der Waals surface area (Å²) in [5, 5.41) is 23.6. The molecule has 5 aliphatic rings. The Morgan fingerprint density at radius 3 is 2.51 bits per heavy atom. The average Bonchev–Trinajstić information content (AvgIpc) is 3.35. The molecule has 3 saturated carbocycles. The van der Waals surface area contributed by atoms with Crippen molar-refractivity contribution >= 4 is 27.4 Å². The average molecular weight is 590 g/mol. The summed E-state index contributed by atoms with van der Waals surface area (Å²) < 4.78 is 43.8. The Bertz CT molecular complexity index is 1480. The number of hydrogen-bond donors (Lipinski definition) is 2. The molecule has 4 aliphatic carbocycles. The topological polar surface area (TPSA) is 130 Å². The summed E-state index contributed by atoms with van der Waals surface area (Å²) in [5.74, 6) is -1.64. The van der Waals surface area contributed by atoms with Gasteiger partial charge in [-0.25, -0.2) is 4.39 Å². The number of halogens is 1. The van der Waals surface area contributed by atoms with Crippen molar-refractivity contribution in [1.82, 2.24) is 0 Å². The molecule has 0 amide bonds. The summed E-state index contributed by atoms with van der Waals surface area (Å²) in [6.07, 6.45) is 4.08. The molecule has 11 heteroatoms. The standard InChI is InChI=1S/C30H36FNO8S/c1-27-10-9-19(34)11-21(27)23(31)12-22-26(27)24(35)14-29(3)28(22,2)13-17-15-32(40-30(17,29)25(36)16-33)18-5-7-20(8-6-18)39-41(4,37)38/h5-11,17,22-24,26,33,35H,12-16H2,1-4H3. The maximum Gasteiger partial charge on any atom is 0.306 e. The number of carbonyl (C=O) groups is 2. The summed E-state index contributed by atoms with van der Waals surface area (Å²) >= 11 is 0. The van der Waals surface area contributed by atoms with Gasteiger partial charge in [0.25, 0.3) is 0 Å². The van der Waals surface area contributed by atoms with Gasteiger partial charge in [-0.1, -0.05) is 26.8 Å². The predicted octanol–water partition coefficient (Wildman–Crippen LogP) is 2.92. The maximum absolute atomic E-state index is 15.9. The van der Waals surface area contributed by atoms with E-state index in [0.717, 1.165) is 6.26 Å². The van der Waals surface area contributed by atoms with Crippen LogP contribution in [0.2, 0.25) is 0 Å². The summed E-state index contributed by atoms with van der Waals surface area (Å²) in [6, 6.07) is 6.25. The highest BCUT2D eigenvalue weighted by Gasteiger charge is 2.79. The zero-order valence-electron chi connectivity index (χ0n) is 23.5. The maximum atomic E-state index is 15.9. The molecule has 0 radical (unpaired) electrons. The second kappa shape index (κ2) is 8.95. The molecule has 2 N–H and O–H groups in total. The SMILES string of the molecule is CC12C=CC(=O)C=C1C(F)CC1C2C(O)CC2(C)C1(C)CC1CN(c3ccc(OS(C)(=O)=O)cc3)OC12C(=O)CO. The fourth-order valence-electron chi connectivity index (χ4n) is 9.41. The molecule has 9 nitrogen and oxygen atoms in total. The quantitative estimate of drug-likeness (QED) is 0.498. The van der Waals surface area contributed by atoms with Gasteiger partial charge in [0.15, 0.2) is 17.2 Å². The van der Waals surface area contributed by atoms with E-state index in [9.17, 15) is 28.2 Å². The monoisotopic (exact) mass is 589 g/mol. The number of rotatable bonds is 5. The Labute approximate surface area is 239 Å². The molecule has 9 unspecified atom stereocenters. The minimum absolute atomic E-state index is 0.123. The third kappa shape index (κ3) is 3.78. The second-order valence-electron chi connectivity index (χ2n) is 13.1. The van der Waals surface area contributed by atoms with Crippen LogP contribution < -0.4 is 9.25 Å². The van der Waals surface area contributed by atoms with Crippen LogP contribution in [0.4, 0.5) is 10.1 Å². The highest BCUT2D eigenvalue weighted by atomic mass is 32.2. The van der Waals surface area contributed by atoms with Gasteiger partial charge >= 0.3 is 10.1 Å². The second-order valence-corrected chi connectivity index (χ2v) is 14.7. The van der Waals surface area contributed by atoms with Gasteiger partial charge in [0.05, 0.1) is 24.6 Å². The number of hydroxylamine groups is 1. The van der Waals surface area contributed by atoms with Gasteiger partial charge in [0.2, 0.25) is 0 Å². The first-order valence-corrected chi connectivity index (χ1v) is 15.8. The van der Waals surface area contributed by atoms with Crippen LogP contribution in [0, 0.1) is 34.0 Å². The Hall–Kier alpha value is -2.60. The lowest BCUT2D eigenvalue weighted by Gasteiger charge is -2.64. The molecule has 1 aliphatic heterocycles. The van der Waals surface area contributed by atoms with Crippen molar-refractivity contribution in [2.75, 3.05) is 24.5 Å². The van der Waals surface area contributed by atoms with Crippen molar-refractivity contribution in [2.45, 2.75) is 57.9 Å². The number of nitrogens with zero attached hydrogens (tertiary/aromatic N) is 1. The summed E-state index contributed by atoms with van der Waals surface area (Å²) in [7, 11) is -3.70. The van der Waals surface area contributed by atoms with E-state index in [1.807, 2.05) is 13.8 Å². The van der Waals surface area contributed by atoms with E-state index in [0.29, 0.717) is 24.2 Å². The van der Waals surface area contributed by atoms with Crippen molar-refractivity contribution in [3.63, 3.8) is 0 Å². The lowest BCUT2D eigenvalue weighted by atomic mass is 9.41. The molecule has 1 saturated heterocycles. The summed E-state index contributed by atoms with van der Waals surface area (Å²) in [6.45, 7) is 5.44. The van der Waals surface area contributed by atoms with Crippen molar-refractivity contribution in [3.05, 3.63) is 48.1 Å². The molecule has 222 valence electrons. The smallest absolute Gasteiger partial charge is 0.306 e. The Morgan fingerprint density at radius 1 is 1.20 bits per heavy atom. The zero-order chi connectivity index (χ0) is 29.8. The van der Waals surface area contributed by atoms with Crippen LogP contribution in [0.25, 0.3) is 0 Å². The Balaban J connectivity index is 1.39. The first-order valence-electron chi connectivity index (χ1n) is 14.0. The normalized spacial score (nSPS) is 43.1. The van der Waals surface area contributed by atoms with E-state index in [1.54, 1.807) is 23.3 Å². The van der Waals surface area contributed by atoms with E-state index < -0.39 is 56.6 Å². The number of fused-ring (bicyclic) bond motifs is 7. The number of hydrogen-bond acceptors (Lipinski definition) is 9. The number of allylic oxidation sites excluding steroid dienone is 4. The molecular weight excluding hydrogens is 553 g/mol. The number of benzene rings is 1. The van der Waals surface area contributed by atoms with Crippen LogP contribution in [0.5, 0.6) is 5.75 Å². The lowest BCUT2D eigenvalue weighted by molar-refractivity contribution is -0.216. The third-order valence-electron chi connectivity index (χ3n) is 11.2. The van der Waals surface area contributed by atoms with Crippen LogP contribution in [-0.4, -0.2) is 67.5 Å². The Kier molecular flexibility index (Phi) is 6.23. The minimum Gasteiger partial charge on any atom is -0.393 e. The number of ketones is 2. The van der Waals surface area contributed by atoms with Gasteiger partial charge in [-0.05, 0) is 72.6 Å². The van der Waals surface area contributed by atoms with Gasteiger partial charge in [-0.15, -0.1) is 0 Å². The van der Waals surface area contributed by atoms with Gasteiger partial charge in [-0.3, -0.25) is 19.5 Å². The molecule has 1 aromatic rings. The van der Waals surface area contributed by atoms with E-state index in [2.05, 4.69) is 6.92 Å². The molecule has 0 bridgehead atoms. The van der Waals surface area contributed by atoms with E-state index in [-0.39, 0.29) is 42.1 Å². The van der Waals surface area contributed by atoms with Gasteiger partial charge in [0, 0.05) is 22.7 Å². The predicted molar refractivity (Wildman–Crippen MR) is 147 cm³/mol. The molecule has 1 heterocycles. The highest BCUT2D eigenvalue weighted by molar-refractivity contribution is 7.86. The number of anilines is 1. The Morgan fingerprint density at radius 2 is 1.88 bits per heavy atom. The molecular formula is C30H36FNO8S. The third-order valence-corrected chi connectivity index (χ3v) is 11.7. The van der Waals surface area contributed by atoms with Gasteiger partial charge in [-0.2, -0.15) is 8.42 Å². The van der Waals surface area contributed by atoms with Gasteiger partial charge < -0.3 is 14.4 Å². The molecule has 1 aromatic carbocycles. The van der Waals surface area contributed by atoms with Crippen LogP contribution in [0.15, 0.2) is 48.1 Å². The first kappa shape index (κ1) is 28.5. The molecule has 4 fully saturated rings. The number of aliphatic hydroxyl groups excluding tert-OH is 2. The first-order chi connectivity index (χ1) is 19.1. The van der Waals surface area contributed by atoms with Gasteiger partial charge in [0.1, 0.15) is 18.5 Å². The van der Waals surface area contributed by atoms with Crippen molar-refractivity contribution < 1.29 is 41.6 Å². The zero-order valence-corrected chi connectivity index (χ0v) is 24.4. The number of aliphatic hydroxyl groups is 2. The minimum atomic E-state index is -3.70. The fraction of sp³-hybridized carbons (Fsp3) is 0.600. The highest BCUT2D eigenvalue weighted by Crippen LogP contribution is 2.76. The number of Topliss-reactive ketones (excluding diaryl/α,β-unsaturated/α-hetero) is 1. The number of alkyl halides is 1. The summed E-state index contributed by atoms with van der Waals surface area (Å²) in [4.78, 5) is 32.5. The molecule has 9 atom stereocenters. The van der Waals surface area contributed by atoms with Crippen LogP contribution >= 0.6 is 0 Å². The van der Waals surface area contributed by atoms with Crippen LogP contribution in [0.3, 0.4) is 0 Å². The molecule has 41 heavy (non-hydrogen) atoms. The lowest BCUT2D eigenvalue weighted by Crippen LogP contribution is -2.67. The largest absolute Gasteiger partial charge is 0.393 e. The van der Waals surface area contributed by atoms with Crippen LogP contribution in [0.1, 0.15) is 40.0 Å². The summed E-state index contributed by atoms with van der Waals surface area (Å²) in [5.41, 5.74) is -2.90. The van der Waals surface area contributed by atoms with Crippen molar-refractivity contribution in [2.24, 2.45) is 34.0 Å². The van der Waals surface area contributed by atoms with Crippen molar-refractivity contribution in [3.8, 4) is 5.75 Å². The molecule has 0 aromatic heterocycles. The number of carbonyl (C=O) groups excluding carboxylic acids is 2.